The van der Waals surface area contributed by atoms with Crippen molar-refractivity contribution in [3.8, 4) is 11.4 Å². The molecule has 4 nitrogen and oxygen atoms in total. The van der Waals surface area contributed by atoms with E-state index in [1.54, 1.807) is 16.7 Å². The van der Waals surface area contributed by atoms with E-state index in [-0.39, 0.29) is 10.2 Å². The average molecular weight is 283 g/mol. The summed E-state index contributed by atoms with van der Waals surface area (Å²) in [5.41, 5.74) is 1.09. The molecule has 0 aliphatic heterocycles. The van der Waals surface area contributed by atoms with Gasteiger partial charge in [0.1, 0.15) is 5.82 Å². The van der Waals surface area contributed by atoms with Crippen LogP contribution >= 0.6 is 23.2 Å². The van der Waals surface area contributed by atoms with Crippen LogP contribution in [0.15, 0.2) is 30.6 Å². The quantitative estimate of drug-likeness (QED) is 0.688. The van der Waals surface area contributed by atoms with E-state index in [0.29, 0.717) is 17.0 Å². The molecule has 0 aliphatic carbocycles. The number of hydrogen-bond donors (Lipinski definition) is 0. The first-order valence-electron chi connectivity index (χ1n) is 4.97. The molecule has 0 aliphatic rings. The van der Waals surface area contributed by atoms with Crippen molar-refractivity contribution in [2.75, 3.05) is 0 Å². The first kappa shape index (κ1) is 11.4. The molecule has 7 heteroatoms. The standard InChI is InChI=1S/C11H5Cl2FN4/c12-7-5-6(1-2-8(7)14)10-16-17-11-9(13)15-3-4-18(10)11/h1-5H. The molecule has 0 amide bonds. The Morgan fingerprint density at radius 3 is 2.78 bits per heavy atom. The lowest BCUT2D eigenvalue weighted by atomic mass is 10.2. The second kappa shape index (κ2) is 4.19. The predicted molar refractivity (Wildman–Crippen MR) is 66.2 cm³/mol. The van der Waals surface area contributed by atoms with Gasteiger partial charge in [0.05, 0.1) is 5.02 Å². The molecule has 0 fully saturated rings. The highest BCUT2D eigenvalue weighted by atomic mass is 35.5. The van der Waals surface area contributed by atoms with Crippen LogP contribution in [0.4, 0.5) is 4.39 Å². The van der Waals surface area contributed by atoms with Crippen LogP contribution in [0.1, 0.15) is 0 Å². The van der Waals surface area contributed by atoms with Crippen LogP contribution in [0.3, 0.4) is 0 Å². The minimum absolute atomic E-state index is 0.0319. The number of benzene rings is 1. The first-order valence-corrected chi connectivity index (χ1v) is 5.73. The third-order valence-electron chi connectivity index (χ3n) is 2.46. The molecular formula is C11H5Cl2FN4. The number of aromatic nitrogens is 4. The van der Waals surface area contributed by atoms with Crippen molar-refractivity contribution >= 4 is 28.8 Å². The Balaban J connectivity index is 2.25. The van der Waals surface area contributed by atoms with Gasteiger partial charge in [-0.25, -0.2) is 9.37 Å². The number of halogens is 3. The number of nitrogens with zero attached hydrogens (tertiary/aromatic N) is 4. The topological polar surface area (TPSA) is 43.1 Å². The summed E-state index contributed by atoms with van der Waals surface area (Å²) >= 11 is 11.6. The maximum absolute atomic E-state index is 13.1. The normalized spacial score (nSPS) is 11.1. The van der Waals surface area contributed by atoms with Gasteiger partial charge in [0, 0.05) is 18.0 Å². The largest absolute Gasteiger partial charge is 0.278 e. The molecule has 2 heterocycles. The molecule has 0 unspecified atom stereocenters. The van der Waals surface area contributed by atoms with Gasteiger partial charge >= 0.3 is 0 Å². The van der Waals surface area contributed by atoms with Crippen molar-refractivity contribution in [1.82, 2.24) is 19.6 Å². The first-order chi connectivity index (χ1) is 8.66. The second-order valence-corrected chi connectivity index (χ2v) is 4.33. The molecule has 2 aromatic heterocycles. The predicted octanol–water partition coefficient (Wildman–Crippen LogP) is 3.24. The highest BCUT2D eigenvalue weighted by Gasteiger charge is 2.12. The summed E-state index contributed by atoms with van der Waals surface area (Å²) < 4.78 is 14.8. The molecule has 0 saturated carbocycles. The third-order valence-corrected chi connectivity index (χ3v) is 3.02. The van der Waals surface area contributed by atoms with Crippen molar-refractivity contribution < 1.29 is 4.39 Å². The SMILES string of the molecule is Fc1ccc(-c2nnc3c(Cl)nccn23)cc1Cl. The van der Waals surface area contributed by atoms with E-state index < -0.39 is 5.82 Å². The maximum Gasteiger partial charge on any atom is 0.198 e. The summed E-state index contributed by atoms with van der Waals surface area (Å²) in [7, 11) is 0. The number of rotatable bonds is 1. The van der Waals surface area contributed by atoms with Crippen molar-refractivity contribution in [2.24, 2.45) is 0 Å². The monoisotopic (exact) mass is 282 g/mol. The van der Waals surface area contributed by atoms with Crippen molar-refractivity contribution in [1.29, 1.82) is 0 Å². The summed E-state index contributed by atoms with van der Waals surface area (Å²) in [4.78, 5) is 3.90. The van der Waals surface area contributed by atoms with Crippen LogP contribution in [0.5, 0.6) is 0 Å². The van der Waals surface area contributed by atoms with Gasteiger partial charge in [-0.3, -0.25) is 4.40 Å². The Morgan fingerprint density at radius 1 is 1.17 bits per heavy atom. The number of hydrogen-bond acceptors (Lipinski definition) is 3. The highest BCUT2D eigenvalue weighted by molar-refractivity contribution is 6.32. The summed E-state index contributed by atoms with van der Waals surface area (Å²) in [6.07, 6.45) is 3.21. The van der Waals surface area contributed by atoms with Gasteiger partial charge in [-0.05, 0) is 18.2 Å². The summed E-state index contributed by atoms with van der Waals surface area (Å²) in [5.74, 6) is 0.0464. The molecule has 90 valence electrons. The molecule has 3 rings (SSSR count). The van der Waals surface area contributed by atoms with Crippen LogP contribution in [-0.2, 0) is 0 Å². The Morgan fingerprint density at radius 2 is 2.00 bits per heavy atom. The molecule has 18 heavy (non-hydrogen) atoms. The lowest BCUT2D eigenvalue weighted by molar-refractivity contribution is 0.628. The number of fused-ring (bicyclic) bond motifs is 1. The van der Waals surface area contributed by atoms with E-state index in [4.69, 9.17) is 23.2 Å². The van der Waals surface area contributed by atoms with E-state index in [1.807, 2.05) is 0 Å². The highest BCUT2D eigenvalue weighted by Crippen LogP contribution is 2.25. The Labute approximate surface area is 111 Å². The zero-order valence-corrected chi connectivity index (χ0v) is 10.3. The van der Waals surface area contributed by atoms with Gasteiger partial charge < -0.3 is 0 Å². The second-order valence-electron chi connectivity index (χ2n) is 3.56. The van der Waals surface area contributed by atoms with Crippen molar-refractivity contribution in [3.63, 3.8) is 0 Å². The fraction of sp³-hybridized carbons (Fsp3) is 0. The lowest BCUT2D eigenvalue weighted by Crippen LogP contribution is -1.91. The average Bonchev–Trinajstić information content (AvgIpc) is 2.78. The molecule has 1 aromatic carbocycles. The van der Waals surface area contributed by atoms with Crippen LogP contribution in [0.25, 0.3) is 17.0 Å². The van der Waals surface area contributed by atoms with E-state index in [9.17, 15) is 4.39 Å². The Kier molecular flexibility index (Phi) is 2.65. The van der Waals surface area contributed by atoms with Crippen molar-refractivity contribution in [3.05, 3.63) is 46.6 Å². The van der Waals surface area contributed by atoms with Gasteiger partial charge in [-0.15, -0.1) is 10.2 Å². The van der Waals surface area contributed by atoms with Gasteiger partial charge in [-0.2, -0.15) is 0 Å². The molecular weight excluding hydrogens is 278 g/mol. The van der Waals surface area contributed by atoms with Gasteiger partial charge in [-0.1, -0.05) is 23.2 Å². The van der Waals surface area contributed by atoms with E-state index in [2.05, 4.69) is 15.2 Å². The maximum atomic E-state index is 13.1. The molecule has 0 bridgehead atoms. The Hall–Kier alpha value is -1.72. The minimum atomic E-state index is -0.478. The summed E-state index contributed by atoms with van der Waals surface area (Å²) in [6.45, 7) is 0. The zero-order chi connectivity index (χ0) is 12.7. The molecule has 0 N–H and O–H groups in total. The molecule has 0 spiro atoms. The Bertz CT molecular complexity index is 741. The van der Waals surface area contributed by atoms with Gasteiger partial charge in [0.25, 0.3) is 0 Å². The lowest BCUT2D eigenvalue weighted by Gasteiger charge is -2.01. The van der Waals surface area contributed by atoms with Crippen LogP contribution in [0, 0.1) is 5.82 Å². The summed E-state index contributed by atoms with van der Waals surface area (Å²) in [6, 6.07) is 4.34. The molecule has 0 atom stereocenters. The fourth-order valence-corrected chi connectivity index (χ4v) is 1.99. The van der Waals surface area contributed by atoms with Crippen LogP contribution in [-0.4, -0.2) is 19.6 Å². The zero-order valence-electron chi connectivity index (χ0n) is 8.81. The van der Waals surface area contributed by atoms with E-state index >= 15 is 0 Å². The van der Waals surface area contributed by atoms with Gasteiger partial charge in [0.15, 0.2) is 16.6 Å². The molecule has 0 radical (unpaired) electrons. The summed E-state index contributed by atoms with van der Waals surface area (Å²) in [5, 5.41) is 8.22. The van der Waals surface area contributed by atoms with E-state index in [0.717, 1.165) is 0 Å². The van der Waals surface area contributed by atoms with Crippen LogP contribution < -0.4 is 0 Å². The van der Waals surface area contributed by atoms with Gasteiger partial charge in [0.2, 0.25) is 0 Å². The smallest absolute Gasteiger partial charge is 0.198 e. The third kappa shape index (κ3) is 1.72. The minimum Gasteiger partial charge on any atom is -0.278 e. The molecule has 0 saturated heterocycles. The van der Waals surface area contributed by atoms with Crippen molar-refractivity contribution in [2.45, 2.75) is 0 Å². The fourth-order valence-electron chi connectivity index (χ4n) is 1.63. The molecule has 3 aromatic rings. The van der Waals surface area contributed by atoms with Crippen LogP contribution in [0.2, 0.25) is 10.2 Å². The van der Waals surface area contributed by atoms with E-state index in [1.165, 1.54) is 18.3 Å².